The van der Waals surface area contributed by atoms with E-state index >= 15 is 0 Å². The maximum absolute atomic E-state index is 14.1. The van der Waals surface area contributed by atoms with E-state index in [1.165, 1.54) is 42.9 Å². The fourth-order valence-electron chi connectivity index (χ4n) is 6.52. The molecule has 4 aromatic rings. The van der Waals surface area contributed by atoms with Gasteiger partial charge >= 0.3 is 5.69 Å². The van der Waals surface area contributed by atoms with E-state index < -0.39 is 22.8 Å². The normalized spacial score (nSPS) is 16.7. The van der Waals surface area contributed by atoms with E-state index in [0.717, 1.165) is 12.1 Å². The van der Waals surface area contributed by atoms with Crippen molar-refractivity contribution in [1.29, 1.82) is 0 Å². The molecule has 2 aliphatic heterocycles. The lowest BCUT2D eigenvalue weighted by Gasteiger charge is -2.36. The monoisotopic (exact) mass is 707 g/mol. The minimum absolute atomic E-state index is 0.106. The molecule has 4 aromatic carbocycles. The first-order valence-corrected chi connectivity index (χ1v) is 17.1. The van der Waals surface area contributed by atoms with Crippen LogP contribution < -0.4 is 19.5 Å². The lowest BCUT2D eigenvalue weighted by molar-refractivity contribution is -0.385. The van der Waals surface area contributed by atoms with Crippen LogP contribution in [0.25, 0.3) is 0 Å². The summed E-state index contributed by atoms with van der Waals surface area (Å²) in [7, 11) is 3.07. The van der Waals surface area contributed by atoms with Crippen LogP contribution in [-0.4, -0.2) is 96.9 Å². The van der Waals surface area contributed by atoms with Gasteiger partial charge in [-0.05, 0) is 53.4 Å². The Bertz CT molecular complexity index is 1930. The van der Waals surface area contributed by atoms with Crippen molar-refractivity contribution in [2.75, 3.05) is 53.5 Å². The van der Waals surface area contributed by atoms with Crippen LogP contribution in [-0.2, 0) is 29.0 Å². The third-order valence-electron chi connectivity index (χ3n) is 9.28. The van der Waals surface area contributed by atoms with Gasteiger partial charge in [0.15, 0.2) is 11.5 Å². The van der Waals surface area contributed by atoms with E-state index in [1.54, 1.807) is 35.2 Å². The number of nitrogens with zero attached hydrogens (tertiary/aromatic N) is 4. The Hall–Kier alpha value is -5.95. The standard InChI is InChI=1S/C39H41N5O8/c1-50-34-14-11-27(23-36(34)51-2)15-16-43-26-37(45)40-32(39(47)42-19-17-41(18-20-42)25-28-7-4-3-5-8-28)22-29-9-6-10-31(21-29)52-35-24-30(38(43)46)12-13-33(35)44(48)49/h3-14,21,23-24,32H,15-20,22,25-26H2,1-2H3,(H,40,45). The first kappa shape index (κ1) is 35.9. The van der Waals surface area contributed by atoms with Gasteiger partial charge in [0.05, 0.1) is 25.7 Å². The summed E-state index contributed by atoms with van der Waals surface area (Å²) in [5, 5.41) is 14.9. The van der Waals surface area contributed by atoms with E-state index in [2.05, 4.69) is 22.3 Å². The number of nitro benzene ring substituents is 1. The smallest absolute Gasteiger partial charge is 0.311 e. The summed E-state index contributed by atoms with van der Waals surface area (Å²) >= 11 is 0. The molecule has 0 aromatic heterocycles. The average molecular weight is 708 g/mol. The van der Waals surface area contributed by atoms with Crippen LogP contribution in [0, 0.1) is 10.1 Å². The number of nitrogens with one attached hydrogen (secondary N) is 1. The number of benzene rings is 4. The van der Waals surface area contributed by atoms with Crippen LogP contribution in [0.5, 0.6) is 23.0 Å². The molecule has 1 atom stereocenters. The molecule has 270 valence electrons. The molecular formula is C39H41N5O8. The Balaban J connectivity index is 1.27. The molecular weight excluding hydrogens is 666 g/mol. The van der Waals surface area contributed by atoms with Crippen molar-refractivity contribution in [3.8, 4) is 23.0 Å². The molecule has 1 unspecified atom stereocenters. The van der Waals surface area contributed by atoms with Crippen molar-refractivity contribution < 1.29 is 33.5 Å². The zero-order chi connectivity index (χ0) is 36.6. The molecule has 2 aliphatic rings. The van der Waals surface area contributed by atoms with Crippen LogP contribution in [0.1, 0.15) is 27.0 Å². The minimum Gasteiger partial charge on any atom is -0.493 e. The average Bonchev–Trinajstić information content (AvgIpc) is 3.16. The summed E-state index contributed by atoms with van der Waals surface area (Å²) in [6, 6.07) is 25.4. The Morgan fingerprint density at radius 2 is 1.65 bits per heavy atom. The van der Waals surface area contributed by atoms with Crippen LogP contribution in [0.2, 0.25) is 0 Å². The molecule has 2 heterocycles. The Labute approximate surface area is 301 Å². The SMILES string of the molecule is COc1ccc(CCN2CC(=O)NC(C(=O)N3CCN(Cc4ccccc4)CC3)Cc3cccc(c3)Oc3cc(ccc3[N+](=O)[O-])C2=O)cc1OC. The summed E-state index contributed by atoms with van der Waals surface area (Å²) in [5.41, 5.74) is 2.51. The van der Waals surface area contributed by atoms with Crippen molar-refractivity contribution in [2.24, 2.45) is 0 Å². The fraction of sp³-hybridized carbons (Fsp3) is 0.308. The van der Waals surface area contributed by atoms with Crippen molar-refractivity contribution in [1.82, 2.24) is 20.0 Å². The fourth-order valence-corrected chi connectivity index (χ4v) is 6.52. The zero-order valence-corrected chi connectivity index (χ0v) is 29.2. The number of fused-ring (bicyclic) bond motifs is 4. The second-order valence-corrected chi connectivity index (χ2v) is 12.8. The van der Waals surface area contributed by atoms with Crippen LogP contribution >= 0.6 is 0 Å². The summed E-state index contributed by atoms with van der Waals surface area (Å²) in [4.78, 5) is 58.8. The number of hydrogen-bond acceptors (Lipinski definition) is 9. The molecule has 1 fully saturated rings. The lowest BCUT2D eigenvalue weighted by atomic mass is 10.0. The highest BCUT2D eigenvalue weighted by molar-refractivity contribution is 5.98. The van der Waals surface area contributed by atoms with Crippen LogP contribution in [0.4, 0.5) is 5.69 Å². The lowest BCUT2D eigenvalue weighted by Crippen LogP contribution is -2.56. The van der Waals surface area contributed by atoms with Crippen LogP contribution in [0.3, 0.4) is 0 Å². The Morgan fingerprint density at radius 3 is 2.38 bits per heavy atom. The maximum atomic E-state index is 14.1. The van der Waals surface area contributed by atoms with Crippen molar-refractivity contribution in [2.45, 2.75) is 25.4 Å². The number of ether oxygens (including phenoxy) is 3. The molecule has 6 rings (SSSR count). The van der Waals surface area contributed by atoms with Gasteiger partial charge in [-0.2, -0.15) is 0 Å². The quantitative estimate of drug-likeness (QED) is 0.197. The summed E-state index contributed by atoms with van der Waals surface area (Å²) in [6.07, 6.45) is 0.504. The highest BCUT2D eigenvalue weighted by atomic mass is 16.6. The van der Waals surface area contributed by atoms with Gasteiger partial charge in [-0.25, -0.2) is 0 Å². The van der Waals surface area contributed by atoms with Gasteiger partial charge in [0, 0.05) is 63.4 Å². The molecule has 1 N–H and O–H groups in total. The molecule has 4 bridgehead atoms. The number of nitro groups is 1. The van der Waals surface area contributed by atoms with Gasteiger partial charge in [-0.3, -0.25) is 29.4 Å². The number of hydrogen-bond donors (Lipinski definition) is 1. The first-order chi connectivity index (χ1) is 25.2. The molecule has 1 saturated heterocycles. The van der Waals surface area contributed by atoms with E-state index in [9.17, 15) is 24.5 Å². The van der Waals surface area contributed by atoms with Gasteiger partial charge in [-0.1, -0.05) is 48.5 Å². The third kappa shape index (κ3) is 8.67. The topological polar surface area (TPSA) is 144 Å². The second-order valence-electron chi connectivity index (χ2n) is 12.8. The molecule has 0 aliphatic carbocycles. The number of amides is 3. The largest absolute Gasteiger partial charge is 0.493 e. The predicted molar refractivity (Wildman–Crippen MR) is 193 cm³/mol. The highest BCUT2D eigenvalue weighted by Gasteiger charge is 2.31. The minimum atomic E-state index is -0.929. The predicted octanol–water partition coefficient (Wildman–Crippen LogP) is 4.47. The Morgan fingerprint density at radius 1 is 0.885 bits per heavy atom. The van der Waals surface area contributed by atoms with Gasteiger partial charge in [-0.15, -0.1) is 0 Å². The Kier molecular flexibility index (Phi) is 11.3. The number of carbonyl (C=O) groups is 3. The van der Waals surface area contributed by atoms with Crippen molar-refractivity contribution in [3.05, 3.63) is 123 Å². The highest BCUT2D eigenvalue weighted by Crippen LogP contribution is 2.34. The van der Waals surface area contributed by atoms with Gasteiger partial charge in [0.1, 0.15) is 11.8 Å². The number of carbonyl (C=O) groups excluding carboxylic acids is 3. The van der Waals surface area contributed by atoms with Gasteiger partial charge in [0.25, 0.3) is 5.91 Å². The summed E-state index contributed by atoms with van der Waals surface area (Å²) in [5.74, 6) is -0.0126. The molecule has 0 spiro atoms. The third-order valence-corrected chi connectivity index (χ3v) is 9.28. The zero-order valence-electron chi connectivity index (χ0n) is 29.2. The van der Waals surface area contributed by atoms with E-state index in [4.69, 9.17) is 14.2 Å². The summed E-state index contributed by atoms with van der Waals surface area (Å²) < 4.78 is 16.8. The second kappa shape index (κ2) is 16.4. The molecule has 0 saturated carbocycles. The molecule has 0 radical (unpaired) electrons. The number of piperazine rings is 1. The molecule has 13 heteroatoms. The molecule has 52 heavy (non-hydrogen) atoms. The molecule has 13 nitrogen and oxygen atoms in total. The van der Waals surface area contributed by atoms with Crippen molar-refractivity contribution in [3.63, 3.8) is 0 Å². The maximum Gasteiger partial charge on any atom is 0.311 e. The van der Waals surface area contributed by atoms with Crippen LogP contribution in [0.15, 0.2) is 91.0 Å². The number of methoxy groups -OCH3 is 2. The van der Waals surface area contributed by atoms with E-state index in [1.807, 2.05) is 30.3 Å². The summed E-state index contributed by atoms with van der Waals surface area (Å²) in [6.45, 7) is 2.90. The van der Waals surface area contributed by atoms with E-state index in [0.29, 0.717) is 55.4 Å². The first-order valence-electron chi connectivity index (χ1n) is 17.1. The molecule has 3 amide bonds. The van der Waals surface area contributed by atoms with Crippen molar-refractivity contribution >= 4 is 23.4 Å². The number of rotatable bonds is 9. The van der Waals surface area contributed by atoms with Gasteiger partial charge in [0.2, 0.25) is 17.6 Å². The van der Waals surface area contributed by atoms with E-state index in [-0.39, 0.29) is 42.4 Å². The van der Waals surface area contributed by atoms with Gasteiger partial charge < -0.3 is 29.3 Å².